The number of carbonyl (C=O) groups excluding carboxylic acids is 1. The first-order valence-electron chi connectivity index (χ1n) is 6.95. The van der Waals surface area contributed by atoms with Crippen LogP contribution in [0.2, 0.25) is 0 Å². The SMILES string of the molecule is CCNC(=NCc1ccc(C(=O)OC)cc1)NC1CC1.I. The molecule has 116 valence electrons. The van der Waals surface area contributed by atoms with Gasteiger partial charge in [-0.25, -0.2) is 9.79 Å². The molecule has 1 aliphatic rings. The molecular formula is C15H22IN3O2. The summed E-state index contributed by atoms with van der Waals surface area (Å²) in [5, 5.41) is 6.59. The molecule has 1 fully saturated rings. The molecule has 0 aliphatic heterocycles. The number of carbonyl (C=O) groups is 1. The van der Waals surface area contributed by atoms with Gasteiger partial charge in [0.15, 0.2) is 5.96 Å². The lowest BCUT2D eigenvalue weighted by Crippen LogP contribution is -2.38. The molecule has 0 heterocycles. The lowest BCUT2D eigenvalue weighted by Gasteiger charge is -2.10. The molecule has 21 heavy (non-hydrogen) atoms. The number of rotatable bonds is 5. The van der Waals surface area contributed by atoms with Gasteiger partial charge in [-0.1, -0.05) is 12.1 Å². The van der Waals surface area contributed by atoms with Gasteiger partial charge in [-0.2, -0.15) is 0 Å². The van der Waals surface area contributed by atoms with Crippen molar-refractivity contribution >= 4 is 35.9 Å². The first-order chi connectivity index (χ1) is 9.72. The van der Waals surface area contributed by atoms with Gasteiger partial charge in [-0.05, 0) is 37.5 Å². The molecular weight excluding hydrogens is 381 g/mol. The summed E-state index contributed by atoms with van der Waals surface area (Å²) in [5.74, 6) is 0.538. The second-order valence-corrected chi connectivity index (χ2v) is 4.80. The molecule has 2 rings (SSSR count). The molecule has 1 aliphatic carbocycles. The molecule has 0 bridgehead atoms. The van der Waals surface area contributed by atoms with Crippen molar-refractivity contribution in [2.24, 2.45) is 4.99 Å². The van der Waals surface area contributed by atoms with Gasteiger partial charge in [0.05, 0.1) is 19.2 Å². The van der Waals surface area contributed by atoms with Crippen LogP contribution in [-0.4, -0.2) is 31.6 Å². The maximum Gasteiger partial charge on any atom is 0.337 e. The monoisotopic (exact) mass is 403 g/mol. The summed E-state index contributed by atoms with van der Waals surface area (Å²) in [5.41, 5.74) is 1.62. The zero-order chi connectivity index (χ0) is 14.4. The first-order valence-corrected chi connectivity index (χ1v) is 6.95. The smallest absolute Gasteiger partial charge is 0.337 e. The Balaban J connectivity index is 0.00000220. The minimum atomic E-state index is -0.316. The highest BCUT2D eigenvalue weighted by Crippen LogP contribution is 2.18. The Hall–Kier alpha value is -1.31. The van der Waals surface area contributed by atoms with Crippen LogP contribution in [0.4, 0.5) is 0 Å². The number of hydrogen-bond acceptors (Lipinski definition) is 3. The fourth-order valence-electron chi connectivity index (χ4n) is 1.78. The summed E-state index contributed by atoms with van der Waals surface area (Å²) in [6, 6.07) is 7.90. The van der Waals surface area contributed by atoms with Crippen LogP contribution in [0.15, 0.2) is 29.3 Å². The van der Waals surface area contributed by atoms with Gasteiger partial charge in [0.25, 0.3) is 0 Å². The largest absolute Gasteiger partial charge is 0.465 e. The quantitative estimate of drug-likeness (QED) is 0.343. The number of hydrogen-bond donors (Lipinski definition) is 2. The van der Waals surface area contributed by atoms with Crippen molar-refractivity contribution in [2.75, 3.05) is 13.7 Å². The van der Waals surface area contributed by atoms with Gasteiger partial charge in [0, 0.05) is 12.6 Å². The van der Waals surface area contributed by atoms with E-state index in [-0.39, 0.29) is 29.9 Å². The van der Waals surface area contributed by atoms with Crippen LogP contribution in [-0.2, 0) is 11.3 Å². The Bertz CT molecular complexity index is 484. The molecule has 1 aromatic carbocycles. The fraction of sp³-hybridized carbons (Fsp3) is 0.467. The van der Waals surface area contributed by atoms with Gasteiger partial charge in [-0.15, -0.1) is 24.0 Å². The van der Waals surface area contributed by atoms with Crippen LogP contribution >= 0.6 is 24.0 Å². The zero-order valence-corrected chi connectivity index (χ0v) is 14.7. The van der Waals surface area contributed by atoms with E-state index in [0.29, 0.717) is 18.2 Å². The maximum atomic E-state index is 11.3. The number of guanidine groups is 1. The molecule has 1 aromatic rings. The molecule has 0 atom stereocenters. The second kappa shape index (κ2) is 8.86. The average molecular weight is 403 g/mol. The second-order valence-electron chi connectivity index (χ2n) is 4.80. The first kappa shape index (κ1) is 17.7. The van der Waals surface area contributed by atoms with Crippen LogP contribution in [0, 0.1) is 0 Å². The third kappa shape index (κ3) is 5.91. The summed E-state index contributed by atoms with van der Waals surface area (Å²) in [4.78, 5) is 15.9. The van der Waals surface area contributed by atoms with Crippen molar-refractivity contribution in [3.63, 3.8) is 0 Å². The number of esters is 1. The minimum absolute atomic E-state index is 0. The number of benzene rings is 1. The van der Waals surface area contributed by atoms with Crippen LogP contribution in [0.1, 0.15) is 35.7 Å². The lowest BCUT2D eigenvalue weighted by molar-refractivity contribution is 0.0600. The molecule has 0 radical (unpaired) electrons. The van der Waals surface area contributed by atoms with Crippen molar-refractivity contribution in [3.8, 4) is 0 Å². The average Bonchev–Trinajstić information content (AvgIpc) is 3.29. The highest BCUT2D eigenvalue weighted by Gasteiger charge is 2.21. The van der Waals surface area contributed by atoms with Crippen LogP contribution < -0.4 is 10.6 Å². The van der Waals surface area contributed by atoms with Crippen molar-refractivity contribution in [2.45, 2.75) is 32.4 Å². The summed E-state index contributed by atoms with van der Waals surface area (Å²) in [6.07, 6.45) is 2.44. The van der Waals surface area contributed by atoms with Gasteiger partial charge in [-0.3, -0.25) is 0 Å². The number of methoxy groups -OCH3 is 1. The lowest BCUT2D eigenvalue weighted by atomic mass is 10.1. The van der Waals surface area contributed by atoms with E-state index in [1.54, 1.807) is 12.1 Å². The predicted molar refractivity (Wildman–Crippen MR) is 94.2 cm³/mol. The highest BCUT2D eigenvalue weighted by atomic mass is 127. The van der Waals surface area contributed by atoms with E-state index in [9.17, 15) is 4.79 Å². The Morgan fingerprint density at radius 2 is 2.00 bits per heavy atom. The number of halogens is 1. The molecule has 0 aromatic heterocycles. The normalized spacial score (nSPS) is 14.1. The van der Waals surface area contributed by atoms with Gasteiger partial charge in [0.1, 0.15) is 0 Å². The van der Waals surface area contributed by atoms with Gasteiger partial charge >= 0.3 is 5.97 Å². The highest BCUT2D eigenvalue weighted by molar-refractivity contribution is 14.0. The Morgan fingerprint density at radius 3 is 2.52 bits per heavy atom. The summed E-state index contributed by atoms with van der Waals surface area (Å²) in [7, 11) is 1.38. The van der Waals surface area contributed by atoms with E-state index in [1.165, 1.54) is 20.0 Å². The standard InChI is InChI=1S/C15H21N3O2.HI/c1-3-16-15(18-13-8-9-13)17-10-11-4-6-12(7-5-11)14(19)20-2;/h4-7,13H,3,8-10H2,1-2H3,(H2,16,17,18);1H. The van der Waals surface area contributed by atoms with Crippen LogP contribution in [0.5, 0.6) is 0 Å². The number of nitrogens with one attached hydrogen (secondary N) is 2. The van der Waals surface area contributed by atoms with Gasteiger partial charge < -0.3 is 15.4 Å². The molecule has 0 saturated heterocycles. The molecule has 0 amide bonds. The molecule has 5 nitrogen and oxygen atoms in total. The third-order valence-corrected chi connectivity index (χ3v) is 3.06. The van der Waals surface area contributed by atoms with Crippen molar-refractivity contribution in [1.29, 1.82) is 0 Å². The van der Waals surface area contributed by atoms with Crippen LogP contribution in [0.3, 0.4) is 0 Å². The Labute approximate surface area is 142 Å². The van der Waals surface area contributed by atoms with E-state index in [0.717, 1.165) is 18.1 Å². The molecule has 6 heteroatoms. The van der Waals surface area contributed by atoms with E-state index in [4.69, 9.17) is 0 Å². The van der Waals surface area contributed by atoms with E-state index < -0.39 is 0 Å². The topological polar surface area (TPSA) is 62.7 Å². The Morgan fingerprint density at radius 1 is 1.33 bits per heavy atom. The van der Waals surface area contributed by atoms with E-state index in [2.05, 4.69) is 27.3 Å². The van der Waals surface area contributed by atoms with Crippen molar-refractivity contribution < 1.29 is 9.53 Å². The summed E-state index contributed by atoms with van der Waals surface area (Å²) >= 11 is 0. The maximum absolute atomic E-state index is 11.3. The molecule has 0 unspecified atom stereocenters. The summed E-state index contributed by atoms with van der Waals surface area (Å²) < 4.78 is 4.67. The number of ether oxygens (including phenoxy) is 1. The minimum Gasteiger partial charge on any atom is -0.465 e. The third-order valence-electron chi connectivity index (χ3n) is 3.06. The fourth-order valence-corrected chi connectivity index (χ4v) is 1.78. The van der Waals surface area contributed by atoms with Crippen molar-refractivity contribution in [1.82, 2.24) is 10.6 Å². The molecule has 2 N–H and O–H groups in total. The van der Waals surface area contributed by atoms with Crippen molar-refractivity contribution in [3.05, 3.63) is 35.4 Å². The molecule has 1 saturated carbocycles. The Kier molecular flexibility index (Phi) is 7.49. The van der Waals surface area contributed by atoms with Crippen LogP contribution in [0.25, 0.3) is 0 Å². The number of aliphatic imine (C=N–C) groups is 1. The van der Waals surface area contributed by atoms with E-state index >= 15 is 0 Å². The van der Waals surface area contributed by atoms with E-state index in [1.807, 2.05) is 12.1 Å². The zero-order valence-electron chi connectivity index (χ0n) is 12.4. The van der Waals surface area contributed by atoms with Gasteiger partial charge in [0.2, 0.25) is 0 Å². The predicted octanol–water partition coefficient (Wildman–Crippen LogP) is 2.31. The molecule has 0 spiro atoms. The number of nitrogens with zero attached hydrogens (tertiary/aromatic N) is 1. The summed E-state index contributed by atoms with van der Waals surface area (Å²) in [6.45, 7) is 3.48.